The van der Waals surface area contributed by atoms with E-state index in [1.54, 1.807) is 6.08 Å². The summed E-state index contributed by atoms with van der Waals surface area (Å²) in [5.74, 6) is 2.38. The maximum absolute atomic E-state index is 12.6. The van der Waals surface area contributed by atoms with Crippen molar-refractivity contribution in [3.05, 3.63) is 54.1 Å². The van der Waals surface area contributed by atoms with Gasteiger partial charge in [0.1, 0.15) is 5.75 Å². The molecule has 0 bridgehead atoms. The van der Waals surface area contributed by atoms with Gasteiger partial charge in [-0.1, -0.05) is 18.2 Å². The Bertz CT molecular complexity index is 873. The quantitative estimate of drug-likeness (QED) is 0.746. The number of carbonyl (C=O) groups excluding carboxylic acids is 1. The summed E-state index contributed by atoms with van der Waals surface area (Å²) in [5.41, 5.74) is 2.01. The van der Waals surface area contributed by atoms with E-state index in [1.165, 1.54) is 0 Å². The number of benzene rings is 2. The second-order valence-electron chi connectivity index (χ2n) is 6.66. The molecule has 0 saturated carbocycles. The van der Waals surface area contributed by atoms with Gasteiger partial charge in [0.25, 0.3) is 0 Å². The molecule has 6 heteroatoms. The summed E-state index contributed by atoms with van der Waals surface area (Å²) in [6.45, 7) is 5.81. The number of carbonyl (C=O) groups is 1. The smallest absolute Gasteiger partial charge is 0.246 e. The lowest BCUT2D eigenvalue weighted by Gasteiger charge is -2.36. The van der Waals surface area contributed by atoms with Crippen molar-refractivity contribution in [2.24, 2.45) is 0 Å². The molecule has 146 valence electrons. The standard InChI is InChI=1S/C22H24N2O4/c1-2-26-19-6-4-3-5-18(19)23-11-13-24(14-12-23)22(25)10-8-17-7-9-20-21(15-17)28-16-27-20/h3-10,15H,2,11-14,16H2,1H3/b10-8-. The highest BCUT2D eigenvalue weighted by atomic mass is 16.7. The Morgan fingerprint density at radius 3 is 2.68 bits per heavy atom. The van der Waals surface area contributed by atoms with E-state index < -0.39 is 0 Å². The van der Waals surface area contributed by atoms with Crippen molar-refractivity contribution in [1.82, 2.24) is 4.90 Å². The highest BCUT2D eigenvalue weighted by Gasteiger charge is 2.21. The SMILES string of the molecule is CCOc1ccccc1N1CCN(C(=O)/C=C\c2ccc3c(c2)OCO3)CC1. The average Bonchev–Trinajstić information content (AvgIpc) is 3.21. The molecule has 2 aromatic rings. The van der Waals surface area contributed by atoms with Gasteiger partial charge in [-0.2, -0.15) is 0 Å². The summed E-state index contributed by atoms with van der Waals surface area (Å²) < 4.78 is 16.4. The summed E-state index contributed by atoms with van der Waals surface area (Å²) in [4.78, 5) is 16.7. The zero-order valence-corrected chi connectivity index (χ0v) is 16.0. The van der Waals surface area contributed by atoms with Crippen molar-refractivity contribution in [3.63, 3.8) is 0 Å². The molecule has 2 heterocycles. The van der Waals surface area contributed by atoms with Crippen molar-refractivity contribution in [3.8, 4) is 17.2 Å². The minimum absolute atomic E-state index is 0.0235. The van der Waals surface area contributed by atoms with Gasteiger partial charge in [-0.15, -0.1) is 0 Å². The summed E-state index contributed by atoms with van der Waals surface area (Å²) in [6, 6.07) is 13.7. The Balaban J connectivity index is 1.35. The molecule has 0 spiro atoms. The molecule has 0 aliphatic carbocycles. The third-order valence-electron chi connectivity index (χ3n) is 4.91. The summed E-state index contributed by atoms with van der Waals surface area (Å²) in [6.07, 6.45) is 3.45. The largest absolute Gasteiger partial charge is 0.492 e. The maximum Gasteiger partial charge on any atom is 0.246 e. The molecule has 4 rings (SSSR count). The first-order chi connectivity index (χ1) is 13.7. The van der Waals surface area contributed by atoms with Gasteiger partial charge in [-0.25, -0.2) is 0 Å². The maximum atomic E-state index is 12.6. The molecule has 1 fully saturated rings. The second kappa shape index (κ2) is 8.25. The first-order valence-corrected chi connectivity index (χ1v) is 9.58. The average molecular weight is 380 g/mol. The predicted molar refractivity (Wildman–Crippen MR) is 108 cm³/mol. The fraction of sp³-hybridized carbons (Fsp3) is 0.318. The van der Waals surface area contributed by atoms with Crippen LogP contribution in [-0.2, 0) is 4.79 Å². The van der Waals surface area contributed by atoms with Gasteiger partial charge in [0.05, 0.1) is 12.3 Å². The Hall–Kier alpha value is -3.15. The lowest BCUT2D eigenvalue weighted by Crippen LogP contribution is -2.48. The van der Waals surface area contributed by atoms with Crippen molar-refractivity contribution in [2.75, 3.05) is 44.5 Å². The topological polar surface area (TPSA) is 51.2 Å². The molecule has 0 unspecified atom stereocenters. The fourth-order valence-electron chi connectivity index (χ4n) is 3.45. The molecule has 2 aliphatic heterocycles. The van der Waals surface area contributed by atoms with E-state index in [4.69, 9.17) is 14.2 Å². The van der Waals surface area contributed by atoms with Crippen LogP contribution in [0.2, 0.25) is 0 Å². The minimum atomic E-state index is 0.0235. The third-order valence-corrected chi connectivity index (χ3v) is 4.91. The van der Waals surface area contributed by atoms with Crippen LogP contribution in [0.3, 0.4) is 0 Å². The molecule has 0 aromatic heterocycles. The van der Waals surface area contributed by atoms with Crippen LogP contribution in [0.1, 0.15) is 12.5 Å². The molecule has 1 saturated heterocycles. The van der Waals surface area contributed by atoms with E-state index in [-0.39, 0.29) is 12.7 Å². The Morgan fingerprint density at radius 1 is 1.07 bits per heavy atom. The fourth-order valence-corrected chi connectivity index (χ4v) is 3.45. The van der Waals surface area contributed by atoms with Crippen molar-refractivity contribution < 1.29 is 19.0 Å². The number of fused-ring (bicyclic) bond motifs is 1. The number of hydrogen-bond acceptors (Lipinski definition) is 5. The van der Waals surface area contributed by atoms with Crippen LogP contribution in [0, 0.1) is 0 Å². The highest BCUT2D eigenvalue weighted by Crippen LogP contribution is 2.33. The van der Waals surface area contributed by atoms with E-state index in [9.17, 15) is 4.79 Å². The molecule has 0 N–H and O–H groups in total. The molecule has 0 atom stereocenters. The molecule has 28 heavy (non-hydrogen) atoms. The molecular weight excluding hydrogens is 356 g/mol. The zero-order chi connectivity index (χ0) is 19.3. The van der Waals surface area contributed by atoms with Crippen LogP contribution in [0.4, 0.5) is 5.69 Å². The number of nitrogens with zero attached hydrogens (tertiary/aromatic N) is 2. The van der Waals surface area contributed by atoms with Crippen LogP contribution < -0.4 is 19.1 Å². The number of hydrogen-bond donors (Lipinski definition) is 0. The second-order valence-corrected chi connectivity index (χ2v) is 6.66. The summed E-state index contributed by atoms with van der Waals surface area (Å²) >= 11 is 0. The van der Waals surface area contributed by atoms with Crippen LogP contribution >= 0.6 is 0 Å². The Labute approximate surface area is 164 Å². The van der Waals surface area contributed by atoms with Crippen molar-refractivity contribution in [1.29, 1.82) is 0 Å². The molecule has 6 nitrogen and oxygen atoms in total. The first-order valence-electron chi connectivity index (χ1n) is 9.58. The molecular formula is C22H24N2O4. The molecule has 1 amide bonds. The van der Waals surface area contributed by atoms with Crippen LogP contribution in [-0.4, -0.2) is 50.4 Å². The molecule has 2 aromatic carbocycles. The van der Waals surface area contributed by atoms with Gasteiger partial charge in [-0.3, -0.25) is 4.79 Å². The van der Waals surface area contributed by atoms with Crippen LogP contribution in [0.5, 0.6) is 17.2 Å². The van der Waals surface area contributed by atoms with Gasteiger partial charge in [0.15, 0.2) is 11.5 Å². The predicted octanol–water partition coefficient (Wildman–Crippen LogP) is 3.18. The van der Waals surface area contributed by atoms with Crippen molar-refractivity contribution >= 4 is 17.7 Å². The van der Waals surface area contributed by atoms with E-state index in [1.807, 2.05) is 54.3 Å². The van der Waals surface area contributed by atoms with Crippen LogP contribution in [0.15, 0.2) is 48.5 Å². The Morgan fingerprint density at radius 2 is 1.86 bits per heavy atom. The van der Waals surface area contributed by atoms with E-state index >= 15 is 0 Å². The summed E-state index contributed by atoms with van der Waals surface area (Å²) in [7, 11) is 0. The van der Waals surface area contributed by atoms with Gasteiger partial charge in [0, 0.05) is 32.3 Å². The van der Waals surface area contributed by atoms with E-state index in [2.05, 4.69) is 11.0 Å². The van der Waals surface area contributed by atoms with E-state index in [0.29, 0.717) is 19.7 Å². The minimum Gasteiger partial charge on any atom is -0.492 e. The lowest BCUT2D eigenvalue weighted by molar-refractivity contribution is -0.126. The number of para-hydroxylation sites is 2. The Kier molecular flexibility index (Phi) is 5.37. The zero-order valence-electron chi connectivity index (χ0n) is 16.0. The molecule has 0 radical (unpaired) electrons. The van der Waals surface area contributed by atoms with Crippen molar-refractivity contribution in [2.45, 2.75) is 6.92 Å². The van der Waals surface area contributed by atoms with E-state index in [0.717, 1.165) is 41.6 Å². The van der Waals surface area contributed by atoms with Gasteiger partial charge in [0.2, 0.25) is 12.7 Å². The van der Waals surface area contributed by atoms with Gasteiger partial charge in [-0.05, 0) is 42.8 Å². The normalized spacial score (nSPS) is 15.9. The number of amides is 1. The third kappa shape index (κ3) is 3.91. The monoisotopic (exact) mass is 380 g/mol. The van der Waals surface area contributed by atoms with Gasteiger partial charge >= 0.3 is 0 Å². The van der Waals surface area contributed by atoms with Gasteiger partial charge < -0.3 is 24.0 Å². The molecule has 2 aliphatic rings. The number of piperazine rings is 1. The van der Waals surface area contributed by atoms with Crippen LogP contribution in [0.25, 0.3) is 6.08 Å². The first kappa shape index (κ1) is 18.2. The number of ether oxygens (including phenoxy) is 3. The highest BCUT2D eigenvalue weighted by molar-refractivity contribution is 5.92. The summed E-state index contributed by atoms with van der Waals surface area (Å²) in [5, 5.41) is 0. The number of anilines is 1. The number of rotatable bonds is 5. The lowest BCUT2D eigenvalue weighted by atomic mass is 10.2.